The highest BCUT2D eigenvalue weighted by molar-refractivity contribution is 7.15. The van der Waals surface area contributed by atoms with Crippen molar-refractivity contribution in [2.45, 2.75) is 21.3 Å². The molecule has 0 N–H and O–H groups in total. The van der Waals surface area contributed by atoms with E-state index < -0.39 is 0 Å². The molecule has 1 aromatic heterocycles. The fourth-order valence-electron chi connectivity index (χ4n) is 1.29. The summed E-state index contributed by atoms with van der Waals surface area (Å²) < 4.78 is 0. The van der Waals surface area contributed by atoms with Gasteiger partial charge in [0.1, 0.15) is 0 Å². The summed E-state index contributed by atoms with van der Waals surface area (Å²) in [5.74, 6) is 0. The number of rotatable bonds is 1. The lowest BCUT2D eigenvalue weighted by Gasteiger charge is -1.97. The SMILES string of the molecule is C.Cc1cccc(-c2cnc(C)s2)c1. The van der Waals surface area contributed by atoms with Gasteiger partial charge in [-0.15, -0.1) is 11.3 Å². The van der Waals surface area contributed by atoms with Crippen molar-refractivity contribution in [3.63, 3.8) is 0 Å². The summed E-state index contributed by atoms with van der Waals surface area (Å²) in [4.78, 5) is 5.49. The van der Waals surface area contributed by atoms with Crippen LogP contribution in [0.15, 0.2) is 30.5 Å². The molecule has 0 saturated carbocycles. The molecule has 0 aliphatic carbocycles. The molecule has 0 fully saturated rings. The summed E-state index contributed by atoms with van der Waals surface area (Å²) in [5, 5.41) is 1.12. The quantitative estimate of drug-likeness (QED) is 0.684. The third-order valence-corrected chi connectivity index (χ3v) is 2.89. The lowest BCUT2D eigenvalue weighted by molar-refractivity contribution is 1.30. The molecule has 1 aromatic carbocycles. The van der Waals surface area contributed by atoms with Crippen molar-refractivity contribution < 1.29 is 0 Å². The fourth-order valence-corrected chi connectivity index (χ4v) is 2.07. The molecule has 1 nitrogen and oxygen atoms in total. The Morgan fingerprint density at radius 3 is 2.57 bits per heavy atom. The molecule has 0 bridgehead atoms. The van der Waals surface area contributed by atoms with Crippen molar-refractivity contribution in [2.75, 3.05) is 0 Å². The molecule has 0 atom stereocenters. The van der Waals surface area contributed by atoms with E-state index in [1.165, 1.54) is 16.0 Å². The molecule has 0 aliphatic rings. The highest BCUT2D eigenvalue weighted by Crippen LogP contribution is 2.25. The van der Waals surface area contributed by atoms with Gasteiger partial charge in [0.05, 0.1) is 9.88 Å². The van der Waals surface area contributed by atoms with E-state index in [2.05, 4.69) is 36.2 Å². The van der Waals surface area contributed by atoms with E-state index in [1.807, 2.05) is 13.1 Å². The molecule has 2 heteroatoms. The van der Waals surface area contributed by atoms with Crippen LogP contribution in [0.3, 0.4) is 0 Å². The molecule has 0 spiro atoms. The van der Waals surface area contributed by atoms with Gasteiger partial charge in [0.25, 0.3) is 0 Å². The van der Waals surface area contributed by atoms with E-state index in [0.717, 1.165) is 5.01 Å². The first kappa shape index (κ1) is 10.9. The predicted octanol–water partition coefficient (Wildman–Crippen LogP) is 4.06. The number of nitrogens with zero attached hydrogens (tertiary/aromatic N) is 1. The van der Waals surface area contributed by atoms with Crippen LogP contribution in [0.2, 0.25) is 0 Å². The van der Waals surface area contributed by atoms with Crippen molar-refractivity contribution in [3.8, 4) is 10.4 Å². The Kier molecular flexibility index (Phi) is 3.42. The van der Waals surface area contributed by atoms with E-state index in [4.69, 9.17) is 0 Å². The first-order chi connectivity index (χ1) is 6.25. The van der Waals surface area contributed by atoms with Gasteiger partial charge in [0, 0.05) is 6.20 Å². The molecule has 0 unspecified atom stereocenters. The summed E-state index contributed by atoms with van der Waals surface area (Å²) in [7, 11) is 0. The molecular formula is C12H15NS. The standard InChI is InChI=1S/C11H11NS.CH4/c1-8-4-3-5-10(6-8)11-7-12-9(2)13-11;/h3-7H,1-2H3;1H4. The van der Waals surface area contributed by atoms with Crippen LogP contribution in [0.5, 0.6) is 0 Å². The summed E-state index contributed by atoms with van der Waals surface area (Å²) in [6.07, 6.45) is 1.94. The van der Waals surface area contributed by atoms with Crippen molar-refractivity contribution in [1.82, 2.24) is 4.98 Å². The maximum Gasteiger partial charge on any atom is 0.0900 e. The third-order valence-electron chi connectivity index (χ3n) is 1.92. The van der Waals surface area contributed by atoms with E-state index in [1.54, 1.807) is 11.3 Å². The molecule has 1 heterocycles. The Hall–Kier alpha value is -1.15. The van der Waals surface area contributed by atoms with Gasteiger partial charge < -0.3 is 0 Å². The van der Waals surface area contributed by atoms with Gasteiger partial charge in [-0.2, -0.15) is 0 Å². The molecule has 0 saturated heterocycles. The summed E-state index contributed by atoms with van der Waals surface area (Å²) in [5.41, 5.74) is 2.56. The van der Waals surface area contributed by atoms with Crippen LogP contribution in [0, 0.1) is 13.8 Å². The summed E-state index contributed by atoms with van der Waals surface area (Å²) in [6.45, 7) is 4.14. The zero-order valence-electron chi connectivity index (χ0n) is 7.74. The van der Waals surface area contributed by atoms with Crippen LogP contribution in [-0.2, 0) is 0 Å². The summed E-state index contributed by atoms with van der Waals surface area (Å²) in [6, 6.07) is 8.50. The fraction of sp³-hybridized carbons (Fsp3) is 0.250. The first-order valence-electron chi connectivity index (χ1n) is 4.25. The Bertz CT molecular complexity index is 418. The Morgan fingerprint density at radius 2 is 2.00 bits per heavy atom. The number of benzene rings is 1. The van der Waals surface area contributed by atoms with Crippen molar-refractivity contribution in [1.29, 1.82) is 0 Å². The van der Waals surface area contributed by atoms with Crippen LogP contribution in [-0.4, -0.2) is 4.98 Å². The van der Waals surface area contributed by atoms with Crippen molar-refractivity contribution >= 4 is 11.3 Å². The van der Waals surface area contributed by atoms with E-state index in [0.29, 0.717) is 0 Å². The molecule has 2 rings (SSSR count). The van der Waals surface area contributed by atoms with Crippen LogP contribution in [0.4, 0.5) is 0 Å². The van der Waals surface area contributed by atoms with Crippen LogP contribution >= 0.6 is 11.3 Å². The summed E-state index contributed by atoms with van der Waals surface area (Å²) >= 11 is 1.74. The van der Waals surface area contributed by atoms with Gasteiger partial charge in [-0.05, 0) is 19.4 Å². The topological polar surface area (TPSA) is 12.9 Å². The number of hydrogen-bond donors (Lipinski definition) is 0. The van der Waals surface area contributed by atoms with Gasteiger partial charge in [0.15, 0.2) is 0 Å². The van der Waals surface area contributed by atoms with Crippen molar-refractivity contribution in [2.24, 2.45) is 0 Å². The maximum absolute atomic E-state index is 4.24. The molecule has 0 amide bonds. The number of hydrogen-bond acceptors (Lipinski definition) is 2. The zero-order valence-corrected chi connectivity index (χ0v) is 8.56. The minimum absolute atomic E-state index is 0. The molecule has 2 aromatic rings. The Morgan fingerprint density at radius 1 is 1.21 bits per heavy atom. The molecule has 14 heavy (non-hydrogen) atoms. The first-order valence-corrected chi connectivity index (χ1v) is 5.07. The Labute approximate surface area is 89.4 Å². The molecular weight excluding hydrogens is 190 g/mol. The smallest absolute Gasteiger partial charge is 0.0900 e. The van der Waals surface area contributed by atoms with Crippen molar-refractivity contribution in [3.05, 3.63) is 41.0 Å². The minimum atomic E-state index is 0. The average Bonchev–Trinajstić information content (AvgIpc) is 2.52. The monoisotopic (exact) mass is 205 g/mol. The third kappa shape index (κ3) is 2.20. The van der Waals surface area contributed by atoms with Gasteiger partial charge in [0.2, 0.25) is 0 Å². The maximum atomic E-state index is 4.24. The minimum Gasteiger partial charge on any atom is -0.249 e. The number of aryl methyl sites for hydroxylation is 2. The normalized spacial score (nSPS) is 9.57. The highest BCUT2D eigenvalue weighted by Gasteiger charge is 2.00. The molecule has 0 radical (unpaired) electrons. The van der Waals surface area contributed by atoms with E-state index in [9.17, 15) is 0 Å². The van der Waals surface area contributed by atoms with Gasteiger partial charge in [-0.25, -0.2) is 4.98 Å². The average molecular weight is 205 g/mol. The number of aromatic nitrogens is 1. The zero-order chi connectivity index (χ0) is 9.26. The lowest BCUT2D eigenvalue weighted by atomic mass is 10.1. The number of thiazole rings is 1. The van der Waals surface area contributed by atoms with E-state index >= 15 is 0 Å². The largest absolute Gasteiger partial charge is 0.249 e. The second-order valence-corrected chi connectivity index (χ2v) is 4.35. The second kappa shape index (κ2) is 4.38. The molecule has 74 valence electrons. The Balaban J connectivity index is 0.000000980. The second-order valence-electron chi connectivity index (χ2n) is 3.11. The highest BCUT2D eigenvalue weighted by atomic mass is 32.1. The predicted molar refractivity (Wildman–Crippen MR) is 63.8 cm³/mol. The van der Waals surface area contributed by atoms with Crippen LogP contribution in [0.25, 0.3) is 10.4 Å². The van der Waals surface area contributed by atoms with Gasteiger partial charge >= 0.3 is 0 Å². The van der Waals surface area contributed by atoms with E-state index in [-0.39, 0.29) is 7.43 Å². The van der Waals surface area contributed by atoms with Crippen LogP contribution in [0.1, 0.15) is 18.0 Å². The van der Waals surface area contributed by atoms with Gasteiger partial charge in [-0.1, -0.05) is 37.3 Å². The van der Waals surface area contributed by atoms with Gasteiger partial charge in [-0.3, -0.25) is 0 Å². The molecule has 0 aliphatic heterocycles. The lowest BCUT2D eigenvalue weighted by Crippen LogP contribution is -1.73. The van der Waals surface area contributed by atoms with Crippen LogP contribution < -0.4 is 0 Å².